The van der Waals surface area contributed by atoms with E-state index in [1.807, 2.05) is 0 Å². The van der Waals surface area contributed by atoms with Crippen LogP contribution in [0.1, 0.15) is 36.9 Å². The number of hydrogen-bond acceptors (Lipinski definition) is 4. The molecule has 0 radical (unpaired) electrons. The van der Waals surface area contributed by atoms with Gasteiger partial charge < -0.3 is 9.64 Å². The fourth-order valence-electron chi connectivity index (χ4n) is 4.50. The zero-order valence-electron chi connectivity index (χ0n) is 15.2. The molecule has 24 heavy (non-hydrogen) atoms. The van der Waals surface area contributed by atoms with E-state index in [0.717, 1.165) is 24.8 Å². The Kier molecular flexibility index (Phi) is 4.79. The van der Waals surface area contributed by atoms with Gasteiger partial charge in [0.25, 0.3) is 0 Å². The Hall–Kier alpha value is -1.10. The van der Waals surface area contributed by atoms with Crippen molar-refractivity contribution in [2.75, 3.05) is 52.9 Å². The molecule has 132 valence electrons. The molecule has 4 rings (SSSR count). The molecule has 0 amide bonds. The maximum Gasteiger partial charge on any atom is 0.122 e. The molecular weight excluding hydrogens is 298 g/mol. The second-order valence-electron chi connectivity index (χ2n) is 7.75. The zero-order chi connectivity index (χ0) is 16.5. The van der Waals surface area contributed by atoms with E-state index in [-0.39, 0.29) is 0 Å². The van der Waals surface area contributed by atoms with Crippen molar-refractivity contribution in [1.29, 1.82) is 0 Å². The summed E-state index contributed by atoms with van der Waals surface area (Å²) in [6, 6.07) is 8.15. The van der Waals surface area contributed by atoms with E-state index >= 15 is 0 Å². The van der Waals surface area contributed by atoms with Gasteiger partial charge in [-0.15, -0.1) is 0 Å². The van der Waals surface area contributed by atoms with Crippen molar-refractivity contribution in [3.8, 4) is 5.75 Å². The number of piperazine rings is 1. The lowest BCUT2D eigenvalue weighted by Gasteiger charge is -2.43. The highest BCUT2D eigenvalue weighted by Gasteiger charge is 2.28. The van der Waals surface area contributed by atoms with Crippen LogP contribution >= 0.6 is 0 Å². The molecule has 4 nitrogen and oxygen atoms in total. The summed E-state index contributed by atoms with van der Waals surface area (Å²) in [5, 5.41) is 0. The summed E-state index contributed by atoms with van der Waals surface area (Å²) in [4.78, 5) is 7.84. The van der Waals surface area contributed by atoms with Gasteiger partial charge in [-0.05, 0) is 57.1 Å². The Balaban J connectivity index is 1.33. The molecule has 1 unspecified atom stereocenters. The molecule has 3 heterocycles. The summed E-state index contributed by atoms with van der Waals surface area (Å²) in [6.45, 7) is 10.5. The number of benzene rings is 1. The Morgan fingerprint density at radius 3 is 2.54 bits per heavy atom. The van der Waals surface area contributed by atoms with Crippen LogP contribution in [0.4, 0.5) is 0 Å². The highest BCUT2D eigenvalue weighted by atomic mass is 16.5. The first-order valence-corrected chi connectivity index (χ1v) is 9.63. The smallest absolute Gasteiger partial charge is 0.122 e. The predicted octanol–water partition coefficient (Wildman–Crippen LogP) is 2.39. The summed E-state index contributed by atoms with van der Waals surface area (Å²) in [6.07, 6.45) is 3.75. The largest absolute Gasteiger partial charge is 0.493 e. The summed E-state index contributed by atoms with van der Waals surface area (Å²) < 4.78 is 5.75. The van der Waals surface area contributed by atoms with Gasteiger partial charge in [0.15, 0.2) is 0 Å². The van der Waals surface area contributed by atoms with Gasteiger partial charge in [0.05, 0.1) is 6.61 Å². The van der Waals surface area contributed by atoms with E-state index in [4.69, 9.17) is 4.74 Å². The van der Waals surface area contributed by atoms with Gasteiger partial charge in [0.2, 0.25) is 0 Å². The molecule has 2 fully saturated rings. The summed E-state index contributed by atoms with van der Waals surface area (Å²) in [5.41, 5.74) is 2.78. The maximum atomic E-state index is 5.75. The topological polar surface area (TPSA) is 19.0 Å². The first-order chi connectivity index (χ1) is 11.7. The standard InChI is InChI=1S/C20H31N3O/c1-16(18-4-3-17-7-14-24-20(17)15-18)22-10-12-23(13-11-22)19-5-8-21(2)9-6-19/h3-4,15-16,19H,5-14H2,1-2H3. The first-order valence-electron chi connectivity index (χ1n) is 9.63. The molecule has 4 heteroatoms. The molecule has 3 aliphatic heterocycles. The zero-order valence-corrected chi connectivity index (χ0v) is 15.2. The molecule has 0 bridgehead atoms. The fourth-order valence-corrected chi connectivity index (χ4v) is 4.50. The van der Waals surface area contributed by atoms with Crippen LogP contribution < -0.4 is 4.74 Å². The van der Waals surface area contributed by atoms with Crippen molar-refractivity contribution in [2.24, 2.45) is 0 Å². The minimum absolute atomic E-state index is 0.485. The Bertz CT molecular complexity index is 560. The quantitative estimate of drug-likeness (QED) is 0.847. The number of nitrogens with zero attached hydrogens (tertiary/aromatic N) is 3. The molecule has 0 saturated carbocycles. The van der Waals surface area contributed by atoms with E-state index in [9.17, 15) is 0 Å². The van der Waals surface area contributed by atoms with Crippen LogP contribution in [-0.4, -0.2) is 73.7 Å². The third kappa shape index (κ3) is 3.32. The van der Waals surface area contributed by atoms with Gasteiger partial charge in [0, 0.05) is 44.7 Å². The third-order valence-corrected chi connectivity index (χ3v) is 6.30. The Morgan fingerprint density at radius 2 is 1.79 bits per heavy atom. The van der Waals surface area contributed by atoms with Crippen LogP contribution in [0, 0.1) is 0 Å². The average molecular weight is 329 g/mol. The number of likely N-dealkylation sites (tertiary alicyclic amines) is 1. The second-order valence-corrected chi connectivity index (χ2v) is 7.75. The van der Waals surface area contributed by atoms with Crippen LogP contribution in [0.15, 0.2) is 18.2 Å². The predicted molar refractivity (Wildman–Crippen MR) is 97.7 cm³/mol. The minimum Gasteiger partial charge on any atom is -0.493 e. The lowest BCUT2D eigenvalue weighted by atomic mass is 10.0. The molecule has 1 atom stereocenters. The summed E-state index contributed by atoms with van der Waals surface area (Å²) >= 11 is 0. The fraction of sp³-hybridized carbons (Fsp3) is 0.700. The normalized spacial score (nSPS) is 25.4. The molecule has 0 aromatic heterocycles. The maximum absolute atomic E-state index is 5.75. The molecule has 0 N–H and O–H groups in total. The van der Waals surface area contributed by atoms with E-state index in [2.05, 4.69) is 46.9 Å². The van der Waals surface area contributed by atoms with Crippen LogP contribution in [0.3, 0.4) is 0 Å². The van der Waals surface area contributed by atoms with E-state index < -0.39 is 0 Å². The first kappa shape index (κ1) is 16.4. The lowest BCUT2D eigenvalue weighted by Crippen LogP contribution is -2.53. The summed E-state index contributed by atoms with van der Waals surface area (Å²) in [5.74, 6) is 1.12. The van der Waals surface area contributed by atoms with E-state index in [1.54, 1.807) is 0 Å². The molecule has 1 aromatic carbocycles. The Labute approximate surface area is 146 Å². The molecule has 1 aromatic rings. The van der Waals surface area contributed by atoms with Crippen LogP contribution in [0.2, 0.25) is 0 Å². The molecule has 3 aliphatic rings. The van der Waals surface area contributed by atoms with E-state index in [1.165, 1.54) is 63.2 Å². The minimum atomic E-state index is 0.485. The second kappa shape index (κ2) is 7.03. The van der Waals surface area contributed by atoms with Gasteiger partial charge in [-0.2, -0.15) is 0 Å². The SMILES string of the molecule is CC(c1ccc2c(c1)OCC2)N1CCN(C2CCN(C)CC2)CC1. The van der Waals surface area contributed by atoms with Crippen molar-refractivity contribution >= 4 is 0 Å². The lowest BCUT2D eigenvalue weighted by molar-refractivity contribution is 0.0494. The highest BCUT2D eigenvalue weighted by Crippen LogP contribution is 2.31. The van der Waals surface area contributed by atoms with Crippen LogP contribution in [0.5, 0.6) is 5.75 Å². The summed E-state index contributed by atoms with van der Waals surface area (Å²) in [7, 11) is 2.25. The van der Waals surface area contributed by atoms with Gasteiger partial charge >= 0.3 is 0 Å². The van der Waals surface area contributed by atoms with Gasteiger partial charge in [-0.1, -0.05) is 12.1 Å². The van der Waals surface area contributed by atoms with Crippen molar-refractivity contribution in [1.82, 2.24) is 14.7 Å². The van der Waals surface area contributed by atoms with Crippen molar-refractivity contribution in [3.63, 3.8) is 0 Å². The van der Waals surface area contributed by atoms with Crippen LogP contribution in [0.25, 0.3) is 0 Å². The van der Waals surface area contributed by atoms with Gasteiger partial charge in [0.1, 0.15) is 5.75 Å². The number of hydrogen-bond donors (Lipinski definition) is 0. The number of piperidine rings is 1. The molecule has 0 aliphatic carbocycles. The molecular formula is C20H31N3O. The third-order valence-electron chi connectivity index (χ3n) is 6.30. The van der Waals surface area contributed by atoms with Crippen molar-refractivity contribution in [3.05, 3.63) is 29.3 Å². The number of rotatable bonds is 3. The Morgan fingerprint density at radius 1 is 1.04 bits per heavy atom. The monoisotopic (exact) mass is 329 g/mol. The van der Waals surface area contributed by atoms with Crippen molar-refractivity contribution < 1.29 is 4.74 Å². The molecule has 0 spiro atoms. The molecule has 2 saturated heterocycles. The average Bonchev–Trinajstić information content (AvgIpc) is 3.09. The highest BCUT2D eigenvalue weighted by molar-refractivity contribution is 5.41. The van der Waals surface area contributed by atoms with Gasteiger partial charge in [-0.25, -0.2) is 0 Å². The number of ether oxygens (including phenoxy) is 1. The number of fused-ring (bicyclic) bond motifs is 1. The van der Waals surface area contributed by atoms with Crippen molar-refractivity contribution in [2.45, 2.75) is 38.3 Å². The van der Waals surface area contributed by atoms with Gasteiger partial charge in [-0.3, -0.25) is 9.80 Å². The van der Waals surface area contributed by atoms with E-state index in [0.29, 0.717) is 6.04 Å². The van der Waals surface area contributed by atoms with Crippen LogP contribution in [-0.2, 0) is 6.42 Å².